The summed E-state index contributed by atoms with van der Waals surface area (Å²) in [6.07, 6.45) is 2.99. The first kappa shape index (κ1) is 12.4. The molecule has 6 nitrogen and oxygen atoms in total. The number of nitrogens with zero attached hydrogens (tertiary/aromatic N) is 1. The molecular formula is C11H14N4O2S. The van der Waals surface area contributed by atoms with Crippen LogP contribution in [-0.4, -0.2) is 18.4 Å². The van der Waals surface area contributed by atoms with Crippen LogP contribution in [-0.2, 0) is 10.0 Å². The summed E-state index contributed by atoms with van der Waals surface area (Å²) >= 11 is 0. The number of nitrogens with one attached hydrogen (secondary N) is 2. The summed E-state index contributed by atoms with van der Waals surface area (Å²) in [5.41, 5.74) is 7.42. The van der Waals surface area contributed by atoms with Gasteiger partial charge in [-0.25, -0.2) is 18.1 Å². The molecule has 1 heterocycles. The van der Waals surface area contributed by atoms with Crippen molar-refractivity contribution in [3.8, 4) is 0 Å². The zero-order valence-electron chi connectivity index (χ0n) is 10.1. The van der Waals surface area contributed by atoms with Gasteiger partial charge >= 0.3 is 0 Å². The molecule has 0 radical (unpaired) electrons. The van der Waals surface area contributed by atoms with E-state index in [2.05, 4.69) is 14.7 Å². The lowest BCUT2D eigenvalue weighted by Gasteiger charge is -2.12. The summed E-state index contributed by atoms with van der Waals surface area (Å²) in [6, 6.07) is 3.51. The fourth-order valence-corrected chi connectivity index (χ4v) is 3.07. The number of benzene rings is 1. The van der Waals surface area contributed by atoms with E-state index in [1.54, 1.807) is 26.0 Å². The second kappa shape index (κ2) is 4.34. The van der Waals surface area contributed by atoms with E-state index < -0.39 is 10.0 Å². The number of aryl methyl sites for hydroxylation is 2. The molecule has 2 aromatic rings. The zero-order valence-corrected chi connectivity index (χ0v) is 10.9. The number of imidazole rings is 1. The van der Waals surface area contributed by atoms with Crippen LogP contribution >= 0.6 is 0 Å². The van der Waals surface area contributed by atoms with E-state index in [1.165, 1.54) is 12.4 Å². The molecule has 4 N–H and O–H groups in total. The molecule has 1 aromatic heterocycles. The van der Waals surface area contributed by atoms with Gasteiger partial charge in [0.15, 0.2) is 0 Å². The highest BCUT2D eigenvalue weighted by molar-refractivity contribution is 7.93. The molecule has 0 aliphatic rings. The summed E-state index contributed by atoms with van der Waals surface area (Å²) in [7, 11) is -3.74. The number of H-pyrrole nitrogens is 1. The largest absolute Gasteiger partial charge is 0.397 e. The Kier molecular flexibility index (Phi) is 3.00. The zero-order chi connectivity index (χ0) is 13.3. The minimum atomic E-state index is -3.74. The molecule has 0 aliphatic carbocycles. The topological polar surface area (TPSA) is 101 Å². The Balaban J connectivity index is 2.51. The molecule has 0 fully saturated rings. The number of sulfonamides is 1. The molecule has 1 aromatic carbocycles. The normalized spacial score (nSPS) is 11.4. The second-order valence-corrected chi connectivity index (χ2v) is 5.60. The number of nitrogens with two attached hydrogens (primary N) is 1. The van der Waals surface area contributed by atoms with Gasteiger partial charge in [-0.3, -0.25) is 0 Å². The van der Waals surface area contributed by atoms with Crippen molar-refractivity contribution in [1.82, 2.24) is 9.97 Å². The Morgan fingerprint density at radius 1 is 1.28 bits per heavy atom. The maximum Gasteiger partial charge on any atom is 0.266 e. The van der Waals surface area contributed by atoms with Crippen LogP contribution < -0.4 is 10.5 Å². The summed E-state index contributed by atoms with van der Waals surface area (Å²) in [6.45, 7) is 3.47. The average Bonchev–Trinajstić information content (AvgIpc) is 2.75. The Labute approximate surface area is 105 Å². The van der Waals surface area contributed by atoms with Crippen LogP contribution in [0, 0.1) is 13.8 Å². The highest BCUT2D eigenvalue weighted by atomic mass is 32.2. The van der Waals surface area contributed by atoms with Crippen molar-refractivity contribution < 1.29 is 8.42 Å². The highest BCUT2D eigenvalue weighted by Crippen LogP contribution is 2.26. The van der Waals surface area contributed by atoms with E-state index in [0.29, 0.717) is 5.56 Å². The first-order valence-corrected chi connectivity index (χ1v) is 6.78. The van der Waals surface area contributed by atoms with Gasteiger partial charge in [0.05, 0.1) is 5.69 Å². The Morgan fingerprint density at radius 2 is 1.94 bits per heavy atom. The summed E-state index contributed by atoms with van der Waals surface area (Å²) < 4.78 is 26.8. The lowest BCUT2D eigenvalue weighted by Crippen LogP contribution is -2.17. The maximum atomic E-state index is 12.2. The van der Waals surface area contributed by atoms with Crippen molar-refractivity contribution in [2.75, 3.05) is 10.5 Å². The van der Waals surface area contributed by atoms with Gasteiger partial charge in [0.25, 0.3) is 10.0 Å². The van der Waals surface area contributed by atoms with Crippen LogP contribution in [0.4, 0.5) is 11.6 Å². The number of aromatic nitrogens is 2. The number of hydrogen-bond donors (Lipinski definition) is 3. The van der Waals surface area contributed by atoms with Crippen LogP contribution in [0.1, 0.15) is 11.1 Å². The summed E-state index contributed by atoms with van der Waals surface area (Å²) in [4.78, 5) is 6.59. The van der Waals surface area contributed by atoms with E-state index in [1.807, 2.05) is 0 Å². The van der Waals surface area contributed by atoms with Crippen LogP contribution in [0.2, 0.25) is 0 Å². The standard InChI is InChI=1S/C11H14N4O2S/c1-7-3-4-8(2)10(9(7)12)18(16,17)15-11-13-5-6-14-11/h3-6H,12H2,1-2H3,(H2,13,14,15). The van der Waals surface area contributed by atoms with Crippen LogP contribution in [0.25, 0.3) is 0 Å². The van der Waals surface area contributed by atoms with E-state index in [9.17, 15) is 8.42 Å². The molecule has 18 heavy (non-hydrogen) atoms. The second-order valence-electron chi connectivity index (χ2n) is 3.99. The summed E-state index contributed by atoms with van der Waals surface area (Å²) in [5.74, 6) is 0.162. The van der Waals surface area contributed by atoms with E-state index in [-0.39, 0.29) is 16.5 Å². The fraction of sp³-hybridized carbons (Fsp3) is 0.182. The van der Waals surface area contributed by atoms with Gasteiger partial charge in [-0.15, -0.1) is 0 Å². The van der Waals surface area contributed by atoms with Crippen LogP contribution in [0.3, 0.4) is 0 Å². The smallest absolute Gasteiger partial charge is 0.266 e. The average molecular weight is 266 g/mol. The minimum absolute atomic E-state index is 0.0962. The van der Waals surface area contributed by atoms with Gasteiger partial charge in [0.1, 0.15) is 4.90 Å². The van der Waals surface area contributed by atoms with Crippen LogP contribution in [0.5, 0.6) is 0 Å². The molecule has 96 valence electrons. The molecule has 0 unspecified atom stereocenters. The Morgan fingerprint density at radius 3 is 2.56 bits per heavy atom. The molecule has 0 aliphatic heterocycles. The molecule has 0 saturated carbocycles. The van der Waals surface area contributed by atoms with Crippen molar-refractivity contribution in [2.24, 2.45) is 0 Å². The summed E-state index contributed by atoms with van der Waals surface area (Å²) in [5, 5.41) is 0. The number of hydrogen-bond acceptors (Lipinski definition) is 4. The Hall–Kier alpha value is -2.02. The third kappa shape index (κ3) is 2.17. The number of rotatable bonds is 3. The van der Waals surface area contributed by atoms with E-state index in [0.717, 1.165) is 5.56 Å². The van der Waals surface area contributed by atoms with Gasteiger partial charge in [0, 0.05) is 12.4 Å². The highest BCUT2D eigenvalue weighted by Gasteiger charge is 2.22. The SMILES string of the molecule is Cc1ccc(C)c(S(=O)(=O)Nc2ncc[nH]2)c1N. The third-order valence-corrected chi connectivity index (χ3v) is 4.15. The monoisotopic (exact) mass is 266 g/mol. The van der Waals surface area contributed by atoms with Gasteiger partial charge in [-0.2, -0.15) is 0 Å². The van der Waals surface area contributed by atoms with Crippen molar-refractivity contribution in [1.29, 1.82) is 0 Å². The molecule has 0 amide bonds. The Bertz CT molecular complexity index is 663. The van der Waals surface area contributed by atoms with E-state index >= 15 is 0 Å². The molecule has 2 rings (SSSR count). The first-order chi connectivity index (χ1) is 8.42. The quantitative estimate of drug-likeness (QED) is 0.731. The van der Waals surface area contributed by atoms with E-state index in [4.69, 9.17) is 5.73 Å². The van der Waals surface area contributed by atoms with Crippen molar-refractivity contribution in [3.63, 3.8) is 0 Å². The maximum absolute atomic E-state index is 12.2. The molecule has 7 heteroatoms. The third-order valence-electron chi connectivity index (χ3n) is 2.61. The molecule has 0 atom stereocenters. The number of anilines is 2. The predicted octanol–water partition coefficient (Wildman–Crippen LogP) is 1.41. The minimum Gasteiger partial charge on any atom is -0.397 e. The van der Waals surface area contributed by atoms with Crippen molar-refractivity contribution >= 4 is 21.7 Å². The molecule has 0 bridgehead atoms. The molecule has 0 saturated heterocycles. The lowest BCUT2D eigenvalue weighted by molar-refractivity contribution is 0.600. The van der Waals surface area contributed by atoms with Gasteiger partial charge < -0.3 is 10.7 Å². The molecular weight excluding hydrogens is 252 g/mol. The van der Waals surface area contributed by atoms with Crippen molar-refractivity contribution in [2.45, 2.75) is 18.7 Å². The fourth-order valence-electron chi connectivity index (χ4n) is 1.66. The van der Waals surface area contributed by atoms with Gasteiger partial charge in [-0.05, 0) is 25.0 Å². The van der Waals surface area contributed by atoms with Crippen molar-refractivity contribution in [3.05, 3.63) is 35.7 Å². The predicted molar refractivity (Wildman–Crippen MR) is 69.7 cm³/mol. The number of aromatic amines is 1. The van der Waals surface area contributed by atoms with Gasteiger partial charge in [0.2, 0.25) is 5.95 Å². The van der Waals surface area contributed by atoms with Gasteiger partial charge in [-0.1, -0.05) is 12.1 Å². The molecule has 0 spiro atoms. The van der Waals surface area contributed by atoms with Crippen LogP contribution in [0.15, 0.2) is 29.4 Å². The lowest BCUT2D eigenvalue weighted by atomic mass is 10.1. The number of nitrogen functional groups attached to an aromatic ring is 1. The first-order valence-electron chi connectivity index (χ1n) is 5.29.